The molecule has 1 rings (SSSR count). The molecule has 0 bridgehead atoms. The molecule has 0 saturated carbocycles. The zero-order valence-corrected chi connectivity index (χ0v) is 13.4. The lowest BCUT2D eigenvalue weighted by Crippen LogP contribution is -2.32. The smallest absolute Gasteiger partial charge is 0.103 e. The number of hydrogen-bond acceptors (Lipinski definition) is 3. The van der Waals surface area contributed by atoms with Crippen LogP contribution in [0.25, 0.3) is 0 Å². The molecule has 2 unspecified atom stereocenters. The molecule has 0 aliphatic heterocycles. The summed E-state index contributed by atoms with van der Waals surface area (Å²) in [7, 11) is 0. The van der Waals surface area contributed by atoms with Crippen molar-refractivity contribution in [2.45, 2.75) is 71.4 Å². The van der Waals surface area contributed by atoms with Gasteiger partial charge in [0.05, 0.1) is 0 Å². The molecular weight excluding hydrogens is 254 g/mol. The minimum Gasteiger partial charge on any atom is -0.386 e. The van der Waals surface area contributed by atoms with E-state index in [0.29, 0.717) is 0 Å². The van der Waals surface area contributed by atoms with E-state index in [4.69, 9.17) is 0 Å². The zero-order chi connectivity index (χ0) is 14.1. The van der Waals surface area contributed by atoms with Gasteiger partial charge >= 0.3 is 0 Å². The topological polar surface area (TPSA) is 32.3 Å². The van der Waals surface area contributed by atoms with Crippen LogP contribution in [0.5, 0.6) is 0 Å². The van der Waals surface area contributed by atoms with Crippen molar-refractivity contribution in [3.63, 3.8) is 0 Å². The van der Waals surface area contributed by atoms with E-state index in [1.165, 1.54) is 44.1 Å². The number of aliphatic hydroxyl groups is 1. The first-order chi connectivity index (χ1) is 9.15. The fraction of sp³-hybridized carbons (Fsp3) is 0.750. The highest BCUT2D eigenvalue weighted by atomic mass is 32.1. The number of nitrogens with one attached hydrogen (secondary N) is 1. The van der Waals surface area contributed by atoms with Crippen LogP contribution >= 0.6 is 11.3 Å². The number of thiophene rings is 1. The quantitative estimate of drug-likeness (QED) is 0.623. The summed E-state index contributed by atoms with van der Waals surface area (Å²) >= 11 is 1.65. The predicted octanol–water partition coefficient (Wildman–Crippen LogP) is 4.43. The maximum absolute atomic E-state index is 10.2. The molecule has 3 heteroatoms. The molecule has 0 aliphatic carbocycles. The molecule has 110 valence electrons. The first kappa shape index (κ1) is 16.7. The van der Waals surface area contributed by atoms with Gasteiger partial charge in [-0.05, 0) is 43.8 Å². The molecule has 1 aromatic rings. The molecule has 0 spiro atoms. The van der Waals surface area contributed by atoms with Crippen LogP contribution in [0.4, 0.5) is 0 Å². The van der Waals surface area contributed by atoms with E-state index in [2.05, 4.69) is 37.5 Å². The van der Waals surface area contributed by atoms with Crippen molar-refractivity contribution in [3.8, 4) is 0 Å². The second-order valence-corrected chi connectivity index (χ2v) is 6.42. The summed E-state index contributed by atoms with van der Waals surface area (Å²) in [5.41, 5.74) is 1.24. The van der Waals surface area contributed by atoms with Gasteiger partial charge < -0.3 is 10.4 Å². The Morgan fingerprint density at radius 2 is 1.89 bits per heavy atom. The Hall–Kier alpha value is -0.380. The summed E-state index contributed by atoms with van der Waals surface area (Å²) in [5.74, 6) is 0. The van der Waals surface area contributed by atoms with Crippen molar-refractivity contribution in [2.75, 3.05) is 6.54 Å². The Balaban J connectivity index is 2.12. The number of hydrogen-bond donors (Lipinski definition) is 2. The minimum atomic E-state index is -0.376. The first-order valence-corrected chi connectivity index (χ1v) is 8.49. The van der Waals surface area contributed by atoms with Gasteiger partial charge in [0.1, 0.15) is 6.10 Å². The summed E-state index contributed by atoms with van der Waals surface area (Å²) in [6.07, 6.45) is 7.51. The van der Waals surface area contributed by atoms with Crippen molar-refractivity contribution in [1.29, 1.82) is 0 Å². The van der Waals surface area contributed by atoms with E-state index in [1.54, 1.807) is 11.3 Å². The van der Waals surface area contributed by atoms with E-state index in [1.807, 2.05) is 0 Å². The van der Waals surface area contributed by atoms with Gasteiger partial charge in [0.15, 0.2) is 0 Å². The number of aryl methyl sites for hydroxylation is 1. The molecule has 0 amide bonds. The molecule has 1 heterocycles. The van der Waals surface area contributed by atoms with E-state index < -0.39 is 0 Å². The van der Waals surface area contributed by atoms with Crippen LogP contribution in [0.2, 0.25) is 0 Å². The molecule has 0 radical (unpaired) electrons. The average Bonchev–Trinajstić information content (AvgIpc) is 2.83. The van der Waals surface area contributed by atoms with Crippen molar-refractivity contribution >= 4 is 11.3 Å². The van der Waals surface area contributed by atoms with Crippen LogP contribution in [-0.2, 0) is 0 Å². The molecule has 0 fully saturated rings. The second kappa shape index (κ2) is 9.51. The Kier molecular flexibility index (Phi) is 8.35. The molecule has 2 nitrogen and oxygen atoms in total. The maximum atomic E-state index is 10.2. The van der Waals surface area contributed by atoms with Crippen LogP contribution in [0.15, 0.2) is 11.4 Å². The Labute approximate surface area is 122 Å². The highest BCUT2D eigenvalue weighted by Crippen LogP contribution is 2.24. The van der Waals surface area contributed by atoms with E-state index in [0.717, 1.165) is 11.4 Å². The van der Waals surface area contributed by atoms with Gasteiger partial charge in [0.25, 0.3) is 0 Å². The van der Waals surface area contributed by atoms with Crippen LogP contribution in [0.1, 0.15) is 68.9 Å². The molecule has 0 aliphatic rings. The Morgan fingerprint density at radius 1 is 1.21 bits per heavy atom. The zero-order valence-electron chi connectivity index (χ0n) is 12.6. The van der Waals surface area contributed by atoms with Crippen LogP contribution in [0.3, 0.4) is 0 Å². The predicted molar refractivity (Wildman–Crippen MR) is 84.9 cm³/mol. The van der Waals surface area contributed by atoms with Crippen LogP contribution in [0, 0.1) is 6.92 Å². The summed E-state index contributed by atoms with van der Waals surface area (Å²) in [6, 6.07) is 2.21. The SMILES string of the molecule is CCCCCCCCNC(C)C(O)c1cc(C)cs1. The molecule has 0 saturated heterocycles. The first-order valence-electron chi connectivity index (χ1n) is 7.61. The number of unbranched alkanes of at least 4 members (excludes halogenated alkanes) is 5. The van der Waals surface area contributed by atoms with Gasteiger partial charge in [0.2, 0.25) is 0 Å². The third kappa shape index (κ3) is 6.55. The summed E-state index contributed by atoms with van der Waals surface area (Å²) < 4.78 is 0. The largest absolute Gasteiger partial charge is 0.386 e. The normalized spacial score (nSPS) is 14.5. The van der Waals surface area contributed by atoms with Crippen LogP contribution < -0.4 is 5.32 Å². The third-order valence-corrected chi connectivity index (χ3v) is 4.63. The fourth-order valence-corrected chi connectivity index (χ4v) is 3.19. The lowest BCUT2D eigenvalue weighted by Gasteiger charge is -2.19. The van der Waals surface area contributed by atoms with E-state index >= 15 is 0 Å². The summed E-state index contributed by atoms with van der Waals surface area (Å²) in [4.78, 5) is 1.07. The van der Waals surface area contributed by atoms with Crippen molar-refractivity contribution in [2.24, 2.45) is 0 Å². The Morgan fingerprint density at radius 3 is 2.53 bits per heavy atom. The van der Waals surface area contributed by atoms with Crippen LogP contribution in [-0.4, -0.2) is 17.7 Å². The van der Waals surface area contributed by atoms with E-state index in [9.17, 15) is 5.11 Å². The minimum absolute atomic E-state index is 0.133. The van der Waals surface area contributed by atoms with Crippen molar-refractivity contribution in [1.82, 2.24) is 5.32 Å². The lowest BCUT2D eigenvalue weighted by atomic mass is 10.1. The molecule has 1 aromatic heterocycles. The van der Waals surface area contributed by atoms with Gasteiger partial charge in [-0.3, -0.25) is 0 Å². The second-order valence-electron chi connectivity index (χ2n) is 5.48. The van der Waals surface area contributed by atoms with Gasteiger partial charge in [-0.2, -0.15) is 0 Å². The van der Waals surface area contributed by atoms with E-state index in [-0.39, 0.29) is 12.1 Å². The van der Waals surface area contributed by atoms with Crippen molar-refractivity contribution in [3.05, 3.63) is 21.9 Å². The maximum Gasteiger partial charge on any atom is 0.103 e. The van der Waals surface area contributed by atoms with Gasteiger partial charge in [-0.1, -0.05) is 39.0 Å². The van der Waals surface area contributed by atoms with Gasteiger partial charge in [-0.15, -0.1) is 11.3 Å². The van der Waals surface area contributed by atoms with Gasteiger partial charge in [-0.25, -0.2) is 0 Å². The lowest BCUT2D eigenvalue weighted by molar-refractivity contribution is 0.139. The fourth-order valence-electron chi connectivity index (χ4n) is 2.20. The highest BCUT2D eigenvalue weighted by Gasteiger charge is 2.16. The van der Waals surface area contributed by atoms with Gasteiger partial charge in [0, 0.05) is 10.9 Å². The standard InChI is InChI=1S/C16H29NOS/c1-4-5-6-7-8-9-10-17-14(3)16(18)15-11-13(2)12-19-15/h11-12,14,16-18H,4-10H2,1-3H3. The number of rotatable bonds is 10. The number of aliphatic hydroxyl groups excluding tert-OH is 1. The monoisotopic (exact) mass is 283 g/mol. The molecular formula is C16H29NOS. The molecule has 2 N–H and O–H groups in total. The molecule has 2 atom stereocenters. The third-order valence-electron chi connectivity index (χ3n) is 3.51. The average molecular weight is 283 g/mol. The summed E-state index contributed by atoms with van der Waals surface area (Å²) in [5, 5.41) is 15.8. The Bertz CT molecular complexity index is 337. The molecule has 19 heavy (non-hydrogen) atoms. The molecule has 0 aromatic carbocycles. The summed E-state index contributed by atoms with van der Waals surface area (Å²) in [6.45, 7) is 7.39. The van der Waals surface area contributed by atoms with Crippen molar-refractivity contribution < 1.29 is 5.11 Å². The highest BCUT2D eigenvalue weighted by molar-refractivity contribution is 7.10.